The number of carbonyl (C=O) groups excluding carboxylic acids is 2. The van der Waals surface area contributed by atoms with E-state index in [1.165, 1.54) is 35.6 Å². The van der Waals surface area contributed by atoms with E-state index in [0.717, 1.165) is 9.78 Å². The quantitative estimate of drug-likeness (QED) is 0.469. The van der Waals surface area contributed by atoms with Crippen molar-refractivity contribution in [2.24, 2.45) is 5.14 Å². The Morgan fingerprint density at radius 2 is 1.67 bits per heavy atom. The molecule has 2 amide bonds. The van der Waals surface area contributed by atoms with E-state index in [0.29, 0.717) is 16.9 Å². The molecule has 9 heteroatoms. The summed E-state index contributed by atoms with van der Waals surface area (Å²) in [5.41, 5.74) is 1.28. The van der Waals surface area contributed by atoms with E-state index in [9.17, 15) is 18.0 Å². The molecule has 3 N–H and O–H groups in total. The number of sulfonamides is 1. The molecule has 3 aromatic rings. The highest BCUT2D eigenvalue weighted by Crippen LogP contribution is 2.30. The molecule has 0 aliphatic carbocycles. The molecule has 1 fully saturated rings. The SMILES string of the molecule is NS(=O)(=O)c1ccc(NC2C(=O)N(c3ccccc3)C(=O)/C2=C/c2cccs2)cc1. The van der Waals surface area contributed by atoms with E-state index in [4.69, 9.17) is 5.14 Å². The molecule has 30 heavy (non-hydrogen) atoms. The standard InChI is InChI=1S/C21H17N3O4S2/c22-30(27,28)17-10-8-14(9-11-17)23-19-18(13-16-7-4-12-29-16)20(25)24(21(19)26)15-5-2-1-3-6-15/h1-13,19,23H,(H2,22,27,28)/b18-13+. The van der Waals surface area contributed by atoms with Gasteiger partial charge in [-0.2, -0.15) is 0 Å². The van der Waals surface area contributed by atoms with E-state index in [2.05, 4.69) is 5.32 Å². The van der Waals surface area contributed by atoms with Gasteiger partial charge >= 0.3 is 0 Å². The number of rotatable bonds is 5. The molecule has 7 nitrogen and oxygen atoms in total. The first-order valence-electron chi connectivity index (χ1n) is 8.92. The van der Waals surface area contributed by atoms with E-state index in [1.807, 2.05) is 17.5 Å². The Balaban J connectivity index is 1.71. The molecule has 0 spiro atoms. The number of nitrogens with one attached hydrogen (secondary N) is 1. The third kappa shape index (κ3) is 3.90. The van der Waals surface area contributed by atoms with Gasteiger partial charge in [0.1, 0.15) is 6.04 Å². The topological polar surface area (TPSA) is 110 Å². The smallest absolute Gasteiger partial charge is 0.263 e. The fourth-order valence-corrected chi connectivity index (χ4v) is 4.34. The van der Waals surface area contributed by atoms with Gasteiger partial charge in [-0.05, 0) is 53.9 Å². The van der Waals surface area contributed by atoms with Crippen LogP contribution in [0.4, 0.5) is 11.4 Å². The first-order valence-corrected chi connectivity index (χ1v) is 11.3. The van der Waals surface area contributed by atoms with Crippen LogP contribution in [-0.2, 0) is 19.6 Å². The number of nitrogens with two attached hydrogens (primary N) is 1. The van der Waals surface area contributed by atoms with Gasteiger partial charge in [-0.1, -0.05) is 24.3 Å². The monoisotopic (exact) mass is 439 g/mol. The van der Waals surface area contributed by atoms with Gasteiger partial charge in [-0.3, -0.25) is 9.59 Å². The lowest BCUT2D eigenvalue weighted by molar-refractivity contribution is -0.121. The molecule has 1 aromatic heterocycles. The molecule has 0 saturated carbocycles. The van der Waals surface area contributed by atoms with Crippen LogP contribution >= 0.6 is 11.3 Å². The maximum absolute atomic E-state index is 13.2. The first-order chi connectivity index (χ1) is 14.3. The molecular formula is C21H17N3O4S2. The van der Waals surface area contributed by atoms with Crippen molar-refractivity contribution in [1.82, 2.24) is 0 Å². The van der Waals surface area contributed by atoms with Crippen LogP contribution in [0, 0.1) is 0 Å². The Hall–Kier alpha value is -3.27. The second-order valence-corrected chi connectivity index (χ2v) is 9.12. The van der Waals surface area contributed by atoms with Crippen molar-refractivity contribution in [3.8, 4) is 0 Å². The number of amides is 2. The summed E-state index contributed by atoms with van der Waals surface area (Å²) in [7, 11) is -3.82. The Bertz CT molecular complexity index is 1220. The van der Waals surface area contributed by atoms with Gasteiger partial charge < -0.3 is 5.32 Å². The number of primary sulfonamides is 1. The van der Waals surface area contributed by atoms with Crippen molar-refractivity contribution < 1.29 is 18.0 Å². The second-order valence-electron chi connectivity index (χ2n) is 6.58. The van der Waals surface area contributed by atoms with Gasteiger partial charge in [0.25, 0.3) is 11.8 Å². The van der Waals surface area contributed by atoms with Crippen molar-refractivity contribution >= 4 is 50.6 Å². The van der Waals surface area contributed by atoms with Gasteiger partial charge in [0.15, 0.2) is 0 Å². The van der Waals surface area contributed by atoms with Crippen molar-refractivity contribution in [2.75, 3.05) is 10.2 Å². The Morgan fingerprint density at radius 3 is 2.27 bits per heavy atom. The normalized spacial score (nSPS) is 18.2. The average Bonchev–Trinajstić information content (AvgIpc) is 3.31. The van der Waals surface area contributed by atoms with Crippen molar-refractivity contribution in [2.45, 2.75) is 10.9 Å². The van der Waals surface area contributed by atoms with Crippen LogP contribution < -0.4 is 15.4 Å². The molecule has 2 aromatic carbocycles. The molecule has 1 aliphatic rings. The van der Waals surface area contributed by atoms with E-state index in [-0.39, 0.29) is 4.90 Å². The highest BCUT2D eigenvalue weighted by atomic mass is 32.2. The summed E-state index contributed by atoms with van der Waals surface area (Å²) in [4.78, 5) is 28.3. The van der Waals surface area contributed by atoms with Crippen LogP contribution in [0.15, 0.2) is 82.6 Å². The molecular weight excluding hydrogens is 422 g/mol. The summed E-state index contributed by atoms with van der Waals surface area (Å²) in [5.74, 6) is -0.817. The number of nitrogens with zero attached hydrogens (tertiary/aromatic N) is 1. The zero-order valence-corrected chi connectivity index (χ0v) is 17.2. The van der Waals surface area contributed by atoms with Crippen LogP contribution in [0.25, 0.3) is 6.08 Å². The highest BCUT2D eigenvalue weighted by Gasteiger charge is 2.44. The third-order valence-electron chi connectivity index (χ3n) is 4.58. The van der Waals surface area contributed by atoms with Crippen LogP contribution in [0.2, 0.25) is 0 Å². The minimum atomic E-state index is -3.82. The lowest BCUT2D eigenvalue weighted by Gasteiger charge is -2.15. The molecule has 1 atom stereocenters. The third-order valence-corrected chi connectivity index (χ3v) is 6.33. The number of para-hydroxylation sites is 1. The van der Waals surface area contributed by atoms with Crippen molar-refractivity contribution in [3.63, 3.8) is 0 Å². The number of hydrogen-bond donors (Lipinski definition) is 2. The maximum Gasteiger partial charge on any atom is 0.263 e. The lowest BCUT2D eigenvalue weighted by Crippen LogP contribution is -2.34. The zero-order valence-electron chi connectivity index (χ0n) is 15.6. The Morgan fingerprint density at radius 1 is 0.967 bits per heavy atom. The van der Waals surface area contributed by atoms with E-state index >= 15 is 0 Å². The van der Waals surface area contributed by atoms with Crippen LogP contribution in [0.1, 0.15) is 4.88 Å². The van der Waals surface area contributed by atoms with Gasteiger partial charge in [0.2, 0.25) is 10.0 Å². The van der Waals surface area contributed by atoms with E-state index in [1.54, 1.807) is 36.4 Å². The largest absolute Gasteiger partial charge is 0.370 e. The van der Waals surface area contributed by atoms with E-state index < -0.39 is 27.9 Å². The minimum Gasteiger partial charge on any atom is -0.370 e. The highest BCUT2D eigenvalue weighted by molar-refractivity contribution is 7.89. The zero-order chi connectivity index (χ0) is 21.3. The number of imide groups is 1. The van der Waals surface area contributed by atoms with Crippen LogP contribution in [0.5, 0.6) is 0 Å². The molecule has 152 valence electrons. The minimum absolute atomic E-state index is 0.0397. The fraction of sp³-hybridized carbons (Fsp3) is 0.0476. The first kappa shape index (κ1) is 20.0. The van der Waals surface area contributed by atoms with Gasteiger partial charge in [-0.15, -0.1) is 11.3 Å². The molecule has 1 saturated heterocycles. The number of hydrogen-bond acceptors (Lipinski definition) is 6. The van der Waals surface area contributed by atoms with Crippen LogP contribution in [-0.4, -0.2) is 26.3 Å². The summed E-state index contributed by atoms with van der Waals surface area (Å²) in [5, 5.41) is 10.1. The number of carbonyl (C=O) groups is 2. The Kier molecular flexibility index (Phi) is 5.25. The second kappa shape index (κ2) is 7.86. The molecule has 0 radical (unpaired) electrons. The lowest BCUT2D eigenvalue weighted by atomic mass is 10.1. The fourth-order valence-electron chi connectivity index (χ4n) is 3.16. The van der Waals surface area contributed by atoms with Crippen molar-refractivity contribution in [1.29, 1.82) is 0 Å². The number of thiophene rings is 1. The number of anilines is 2. The van der Waals surface area contributed by atoms with Gasteiger partial charge in [0, 0.05) is 10.6 Å². The summed E-state index contributed by atoms with van der Waals surface area (Å²) in [6.07, 6.45) is 1.70. The summed E-state index contributed by atoms with van der Waals surface area (Å²) >= 11 is 1.46. The Labute approximate surface area is 177 Å². The summed E-state index contributed by atoms with van der Waals surface area (Å²) in [6.45, 7) is 0. The number of benzene rings is 2. The summed E-state index contributed by atoms with van der Waals surface area (Å²) in [6, 6.07) is 17.2. The molecule has 2 heterocycles. The van der Waals surface area contributed by atoms with Gasteiger partial charge in [0.05, 0.1) is 16.2 Å². The predicted octanol–water partition coefficient (Wildman–Crippen LogP) is 2.83. The average molecular weight is 440 g/mol. The molecule has 1 unspecified atom stereocenters. The maximum atomic E-state index is 13.2. The molecule has 1 aliphatic heterocycles. The molecule has 4 rings (SSSR count). The van der Waals surface area contributed by atoms with Gasteiger partial charge in [-0.25, -0.2) is 18.5 Å². The summed E-state index contributed by atoms with van der Waals surface area (Å²) < 4.78 is 22.9. The predicted molar refractivity (Wildman–Crippen MR) is 116 cm³/mol. The molecule has 0 bridgehead atoms. The van der Waals surface area contributed by atoms with Crippen molar-refractivity contribution in [3.05, 3.63) is 82.6 Å². The van der Waals surface area contributed by atoms with Crippen LogP contribution in [0.3, 0.4) is 0 Å².